The largest absolute Gasteiger partial charge is 0.468 e. The standard InChI is InChI=1S/C16H32N2O2/c1-6-9-14-10-7-8-11-18(14)12-16(4,15(19)20-5)17-13(2)3/h13-14,17H,6-12H2,1-5H3. The fraction of sp³-hybridized carbons (Fsp3) is 0.938. The van der Waals surface area contributed by atoms with Gasteiger partial charge >= 0.3 is 5.97 Å². The number of carbonyl (C=O) groups excluding carboxylic acids is 1. The Morgan fingerprint density at radius 1 is 1.45 bits per heavy atom. The third-order valence-electron chi connectivity index (χ3n) is 4.13. The predicted molar refractivity (Wildman–Crippen MR) is 82.8 cm³/mol. The van der Waals surface area contributed by atoms with Crippen molar-refractivity contribution in [2.75, 3.05) is 20.2 Å². The van der Waals surface area contributed by atoms with Gasteiger partial charge in [0.05, 0.1) is 7.11 Å². The topological polar surface area (TPSA) is 41.6 Å². The second-order valence-corrected chi connectivity index (χ2v) is 6.53. The molecule has 1 rings (SSSR count). The smallest absolute Gasteiger partial charge is 0.327 e. The van der Waals surface area contributed by atoms with Gasteiger partial charge in [0.2, 0.25) is 0 Å². The van der Waals surface area contributed by atoms with Crippen molar-refractivity contribution in [1.82, 2.24) is 10.2 Å². The first kappa shape index (κ1) is 17.4. The Balaban J connectivity index is 2.78. The number of hydrogen-bond acceptors (Lipinski definition) is 4. The molecule has 1 saturated heterocycles. The fourth-order valence-corrected chi connectivity index (χ4v) is 3.37. The number of carbonyl (C=O) groups is 1. The molecule has 1 heterocycles. The van der Waals surface area contributed by atoms with Crippen LogP contribution in [0, 0.1) is 0 Å². The van der Waals surface area contributed by atoms with Crippen LogP contribution in [0.3, 0.4) is 0 Å². The van der Waals surface area contributed by atoms with E-state index in [1.807, 2.05) is 6.92 Å². The van der Waals surface area contributed by atoms with E-state index in [0.29, 0.717) is 6.04 Å². The number of rotatable bonds is 7. The first-order chi connectivity index (χ1) is 9.42. The Bertz CT molecular complexity index is 305. The summed E-state index contributed by atoms with van der Waals surface area (Å²) >= 11 is 0. The van der Waals surface area contributed by atoms with Gasteiger partial charge in [0.15, 0.2) is 0 Å². The predicted octanol–water partition coefficient (Wildman–Crippen LogP) is 2.57. The first-order valence-electron chi connectivity index (χ1n) is 8.03. The Morgan fingerprint density at radius 2 is 2.15 bits per heavy atom. The summed E-state index contributed by atoms with van der Waals surface area (Å²) in [5.74, 6) is -0.160. The molecule has 0 saturated carbocycles. The minimum atomic E-state index is -0.619. The summed E-state index contributed by atoms with van der Waals surface area (Å²) in [4.78, 5) is 14.7. The zero-order valence-electron chi connectivity index (χ0n) is 13.9. The fourth-order valence-electron chi connectivity index (χ4n) is 3.37. The van der Waals surface area contributed by atoms with E-state index in [0.717, 1.165) is 13.1 Å². The van der Waals surface area contributed by atoms with Crippen LogP contribution in [0.5, 0.6) is 0 Å². The summed E-state index contributed by atoms with van der Waals surface area (Å²) in [6.07, 6.45) is 6.23. The lowest BCUT2D eigenvalue weighted by molar-refractivity contribution is -0.149. The molecular formula is C16H32N2O2. The van der Waals surface area contributed by atoms with Crippen LogP contribution in [0.25, 0.3) is 0 Å². The van der Waals surface area contributed by atoms with Gasteiger partial charge in [-0.1, -0.05) is 19.8 Å². The summed E-state index contributed by atoms with van der Waals surface area (Å²) in [6.45, 7) is 10.2. The van der Waals surface area contributed by atoms with Crippen molar-refractivity contribution in [2.24, 2.45) is 0 Å². The summed E-state index contributed by atoms with van der Waals surface area (Å²) in [5.41, 5.74) is -0.619. The van der Waals surface area contributed by atoms with Crippen molar-refractivity contribution in [2.45, 2.75) is 77.4 Å². The number of nitrogens with zero attached hydrogens (tertiary/aromatic N) is 1. The van der Waals surface area contributed by atoms with Crippen LogP contribution in [0.1, 0.15) is 59.8 Å². The Hall–Kier alpha value is -0.610. The number of likely N-dealkylation sites (tertiary alicyclic amines) is 1. The molecular weight excluding hydrogens is 252 g/mol. The molecule has 0 amide bonds. The third-order valence-corrected chi connectivity index (χ3v) is 4.13. The van der Waals surface area contributed by atoms with Gasteiger partial charge in [-0.15, -0.1) is 0 Å². The molecule has 20 heavy (non-hydrogen) atoms. The van der Waals surface area contributed by atoms with E-state index in [2.05, 4.69) is 31.0 Å². The highest BCUT2D eigenvalue weighted by Crippen LogP contribution is 2.23. The van der Waals surface area contributed by atoms with Gasteiger partial charge in [-0.2, -0.15) is 0 Å². The Labute approximate surface area is 124 Å². The average Bonchev–Trinajstić information content (AvgIpc) is 2.39. The maximum Gasteiger partial charge on any atom is 0.327 e. The molecule has 1 fully saturated rings. The molecule has 0 aromatic heterocycles. The molecule has 2 unspecified atom stereocenters. The van der Waals surface area contributed by atoms with E-state index >= 15 is 0 Å². The van der Waals surface area contributed by atoms with Gasteiger partial charge in [0, 0.05) is 18.6 Å². The molecule has 1 N–H and O–H groups in total. The molecule has 0 aromatic carbocycles. The quantitative estimate of drug-likeness (QED) is 0.730. The maximum atomic E-state index is 12.2. The molecule has 0 bridgehead atoms. The molecule has 1 aliphatic rings. The molecule has 0 aromatic rings. The molecule has 0 aliphatic carbocycles. The average molecular weight is 284 g/mol. The minimum absolute atomic E-state index is 0.160. The van der Waals surface area contributed by atoms with Gasteiger partial charge in [-0.25, -0.2) is 0 Å². The van der Waals surface area contributed by atoms with Crippen molar-refractivity contribution in [3.8, 4) is 0 Å². The van der Waals surface area contributed by atoms with E-state index in [9.17, 15) is 4.79 Å². The second-order valence-electron chi connectivity index (χ2n) is 6.53. The molecule has 4 heteroatoms. The van der Waals surface area contributed by atoms with Crippen LogP contribution < -0.4 is 5.32 Å². The Morgan fingerprint density at radius 3 is 2.70 bits per heavy atom. The van der Waals surface area contributed by atoms with Crippen molar-refractivity contribution >= 4 is 5.97 Å². The van der Waals surface area contributed by atoms with E-state index in [4.69, 9.17) is 4.74 Å². The highest BCUT2D eigenvalue weighted by atomic mass is 16.5. The van der Waals surface area contributed by atoms with E-state index in [1.54, 1.807) is 0 Å². The molecule has 0 radical (unpaired) electrons. The van der Waals surface area contributed by atoms with Crippen molar-refractivity contribution in [3.05, 3.63) is 0 Å². The van der Waals surface area contributed by atoms with E-state index < -0.39 is 5.54 Å². The van der Waals surface area contributed by atoms with Crippen LogP contribution in [0.4, 0.5) is 0 Å². The van der Waals surface area contributed by atoms with Gasteiger partial charge in [0.25, 0.3) is 0 Å². The highest BCUT2D eigenvalue weighted by molar-refractivity contribution is 5.80. The number of nitrogens with one attached hydrogen (secondary N) is 1. The van der Waals surface area contributed by atoms with Crippen molar-refractivity contribution < 1.29 is 9.53 Å². The first-order valence-corrected chi connectivity index (χ1v) is 8.03. The van der Waals surface area contributed by atoms with Crippen molar-refractivity contribution in [1.29, 1.82) is 0 Å². The zero-order chi connectivity index (χ0) is 15.2. The number of esters is 1. The normalized spacial score (nSPS) is 23.6. The van der Waals surface area contributed by atoms with Crippen LogP contribution in [-0.2, 0) is 9.53 Å². The van der Waals surface area contributed by atoms with Crippen LogP contribution >= 0.6 is 0 Å². The number of ether oxygens (including phenoxy) is 1. The summed E-state index contributed by atoms with van der Waals surface area (Å²) in [5, 5.41) is 3.40. The van der Waals surface area contributed by atoms with E-state index in [-0.39, 0.29) is 12.0 Å². The summed E-state index contributed by atoms with van der Waals surface area (Å²) in [7, 11) is 1.47. The van der Waals surface area contributed by atoms with Crippen LogP contribution in [-0.4, -0.2) is 48.7 Å². The molecule has 1 aliphatic heterocycles. The van der Waals surface area contributed by atoms with Crippen LogP contribution in [0.2, 0.25) is 0 Å². The zero-order valence-corrected chi connectivity index (χ0v) is 13.9. The monoisotopic (exact) mass is 284 g/mol. The lowest BCUT2D eigenvalue weighted by Gasteiger charge is -2.41. The molecule has 0 spiro atoms. The molecule has 118 valence electrons. The number of piperidine rings is 1. The summed E-state index contributed by atoms with van der Waals surface area (Å²) in [6, 6.07) is 0.875. The Kier molecular flexibility index (Phi) is 6.96. The van der Waals surface area contributed by atoms with Gasteiger partial charge in [0.1, 0.15) is 5.54 Å². The molecule has 4 nitrogen and oxygen atoms in total. The lowest BCUT2D eigenvalue weighted by atomic mass is 9.93. The van der Waals surface area contributed by atoms with Gasteiger partial charge in [-0.05, 0) is 46.6 Å². The van der Waals surface area contributed by atoms with Gasteiger partial charge in [-0.3, -0.25) is 15.0 Å². The summed E-state index contributed by atoms with van der Waals surface area (Å²) < 4.78 is 5.02. The number of hydrogen-bond donors (Lipinski definition) is 1. The molecule has 2 atom stereocenters. The third kappa shape index (κ3) is 4.74. The SMILES string of the molecule is CCCC1CCCCN1CC(C)(NC(C)C)C(=O)OC. The lowest BCUT2D eigenvalue weighted by Crippen LogP contribution is -2.61. The van der Waals surface area contributed by atoms with Gasteiger partial charge < -0.3 is 4.74 Å². The van der Waals surface area contributed by atoms with Crippen molar-refractivity contribution in [3.63, 3.8) is 0 Å². The van der Waals surface area contributed by atoms with E-state index in [1.165, 1.54) is 39.2 Å². The highest BCUT2D eigenvalue weighted by Gasteiger charge is 2.38. The van der Waals surface area contributed by atoms with Crippen LogP contribution in [0.15, 0.2) is 0 Å². The number of methoxy groups -OCH3 is 1. The minimum Gasteiger partial charge on any atom is -0.468 e. The maximum absolute atomic E-state index is 12.2. The second kappa shape index (κ2) is 7.99.